The Morgan fingerprint density at radius 1 is 1.00 bits per heavy atom. The molecule has 4 rings (SSSR count). The molecule has 9 heteroatoms. The van der Waals surface area contributed by atoms with Crippen LogP contribution in [-0.4, -0.2) is 24.2 Å². The Labute approximate surface area is 225 Å². The van der Waals surface area contributed by atoms with E-state index in [9.17, 15) is 9.59 Å². The van der Waals surface area contributed by atoms with E-state index in [0.29, 0.717) is 16.3 Å². The number of amides is 1. The average molecular weight is 586 g/mol. The van der Waals surface area contributed by atoms with E-state index in [1.807, 2.05) is 42.5 Å². The first kappa shape index (κ1) is 25.7. The van der Waals surface area contributed by atoms with Crippen LogP contribution in [0.1, 0.15) is 22.8 Å². The fraction of sp³-hybridized carbons (Fsp3) is 0.0741. The lowest BCUT2D eigenvalue weighted by atomic mass is 10.0. The molecule has 0 saturated carbocycles. The standard InChI is InChI=1S/C27H19BrCl2N2O4/c1-16(35-20-10-7-18(28)8-11-20)26(33)32-31-15-23-21-5-3-2-4-17(21)6-13-25(23)36-27(34)22-12-9-19(29)14-24(22)30/h2-16H,1H3,(H,32,33)/b31-15-/t16-/m0/s1. The molecule has 0 unspecified atom stereocenters. The van der Waals surface area contributed by atoms with Crippen LogP contribution in [0.2, 0.25) is 10.0 Å². The normalized spacial score (nSPS) is 11.9. The van der Waals surface area contributed by atoms with Gasteiger partial charge in [-0.2, -0.15) is 5.10 Å². The molecule has 6 nitrogen and oxygen atoms in total. The lowest BCUT2D eigenvalue weighted by molar-refractivity contribution is -0.127. The van der Waals surface area contributed by atoms with Gasteiger partial charge in [-0.3, -0.25) is 4.79 Å². The molecule has 0 aliphatic carbocycles. The Balaban J connectivity index is 1.54. The summed E-state index contributed by atoms with van der Waals surface area (Å²) in [7, 11) is 0. The highest BCUT2D eigenvalue weighted by molar-refractivity contribution is 9.10. The third-order valence-corrected chi connectivity index (χ3v) is 6.22. The second-order valence-electron chi connectivity index (χ2n) is 7.66. The van der Waals surface area contributed by atoms with Crippen molar-refractivity contribution in [1.82, 2.24) is 5.43 Å². The molecule has 0 saturated heterocycles. The third kappa shape index (κ3) is 6.23. The number of halogens is 3. The zero-order valence-electron chi connectivity index (χ0n) is 18.9. The second kappa shape index (κ2) is 11.6. The van der Waals surface area contributed by atoms with E-state index in [4.69, 9.17) is 32.7 Å². The molecular formula is C27H19BrCl2N2O4. The van der Waals surface area contributed by atoms with E-state index in [1.54, 1.807) is 31.2 Å². The summed E-state index contributed by atoms with van der Waals surface area (Å²) in [6.45, 7) is 1.62. The van der Waals surface area contributed by atoms with Gasteiger partial charge in [0.25, 0.3) is 5.91 Å². The first-order chi connectivity index (χ1) is 17.3. The molecule has 0 spiro atoms. The van der Waals surface area contributed by atoms with Crippen LogP contribution in [-0.2, 0) is 4.79 Å². The number of nitrogens with one attached hydrogen (secondary N) is 1. The predicted molar refractivity (Wildman–Crippen MR) is 145 cm³/mol. The average Bonchev–Trinajstić information content (AvgIpc) is 2.86. The van der Waals surface area contributed by atoms with E-state index >= 15 is 0 Å². The first-order valence-electron chi connectivity index (χ1n) is 10.8. The quantitative estimate of drug-likeness (QED) is 0.109. The van der Waals surface area contributed by atoms with E-state index < -0.39 is 18.0 Å². The maximum atomic E-state index is 12.8. The van der Waals surface area contributed by atoms with Crippen molar-refractivity contribution in [1.29, 1.82) is 0 Å². The van der Waals surface area contributed by atoms with Gasteiger partial charge < -0.3 is 9.47 Å². The molecule has 1 atom stereocenters. The van der Waals surface area contributed by atoms with Crippen molar-refractivity contribution in [3.63, 3.8) is 0 Å². The molecule has 0 radical (unpaired) electrons. The molecule has 0 heterocycles. The maximum Gasteiger partial charge on any atom is 0.345 e. The lowest BCUT2D eigenvalue weighted by Crippen LogP contribution is -2.33. The van der Waals surface area contributed by atoms with E-state index in [1.165, 1.54) is 18.3 Å². The monoisotopic (exact) mass is 584 g/mol. The molecule has 1 N–H and O–H groups in total. The van der Waals surface area contributed by atoms with Gasteiger partial charge in [-0.15, -0.1) is 0 Å². The largest absolute Gasteiger partial charge is 0.481 e. The van der Waals surface area contributed by atoms with Crippen LogP contribution in [0.25, 0.3) is 10.8 Å². The van der Waals surface area contributed by atoms with Gasteiger partial charge in [0, 0.05) is 15.1 Å². The Morgan fingerprint density at radius 3 is 2.50 bits per heavy atom. The van der Waals surface area contributed by atoms with Crippen LogP contribution >= 0.6 is 39.1 Å². The van der Waals surface area contributed by atoms with Crippen molar-refractivity contribution < 1.29 is 19.1 Å². The maximum absolute atomic E-state index is 12.8. The van der Waals surface area contributed by atoms with Crippen molar-refractivity contribution in [2.24, 2.45) is 5.10 Å². The fourth-order valence-corrected chi connectivity index (χ4v) is 4.08. The molecule has 0 aliphatic rings. The van der Waals surface area contributed by atoms with Crippen LogP contribution in [0, 0.1) is 0 Å². The molecule has 0 fully saturated rings. The van der Waals surface area contributed by atoms with Gasteiger partial charge in [0.2, 0.25) is 0 Å². The highest BCUT2D eigenvalue weighted by atomic mass is 79.9. The molecule has 36 heavy (non-hydrogen) atoms. The summed E-state index contributed by atoms with van der Waals surface area (Å²) in [5, 5.41) is 6.36. The zero-order chi connectivity index (χ0) is 25.7. The molecule has 0 bridgehead atoms. The Morgan fingerprint density at radius 2 is 1.75 bits per heavy atom. The molecule has 0 aliphatic heterocycles. The van der Waals surface area contributed by atoms with Gasteiger partial charge >= 0.3 is 5.97 Å². The number of rotatable bonds is 7. The topological polar surface area (TPSA) is 77.0 Å². The minimum absolute atomic E-state index is 0.171. The summed E-state index contributed by atoms with van der Waals surface area (Å²) in [6.07, 6.45) is 0.638. The highest BCUT2D eigenvalue weighted by Gasteiger charge is 2.17. The summed E-state index contributed by atoms with van der Waals surface area (Å²) in [5.74, 6) is -0.293. The summed E-state index contributed by atoms with van der Waals surface area (Å²) in [5.41, 5.74) is 3.15. The summed E-state index contributed by atoms with van der Waals surface area (Å²) in [4.78, 5) is 25.3. The number of ether oxygens (including phenoxy) is 2. The van der Waals surface area contributed by atoms with Gasteiger partial charge in [0.1, 0.15) is 11.5 Å². The fourth-order valence-electron chi connectivity index (χ4n) is 3.33. The van der Waals surface area contributed by atoms with Crippen molar-refractivity contribution in [2.45, 2.75) is 13.0 Å². The van der Waals surface area contributed by atoms with Crippen molar-refractivity contribution in [2.75, 3.05) is 0 Å². The SMILES string of the molecule is C[C@H](Oc1ccc(Br)cc1)C(=O)N/N=C\c1c(OC(=O)c2ccc(Cl)cc2Cl)ccc2ccccc12. The Hall–Kier alpha value is -3.39. The van der Waals surface area contributed by atoms with E-state index in [-0.39, 0.29) is 16.3 Å². The zero-order valence-corrected chi connectivity index (χ0v) is 22.0. The molecular weight excluding hydrogens is 567 g/mol. The number of esters is 1. The van der Waals surface area contributed by atoms with Crippen LogP contribution in [0.5, 0.6) is 11.5 Å². The summed E-state index contributed by atoms with van der Waals surface area (Å²) >= 11 is 15.5. The first-order valence-corrected chi connectivity index (χ1v) is 12.3. The van der Waals surface area contributed by atoms with Crippen LogP contribution < -0.4 is 14.9 Å². The molecule has 182 valence electrons. The number of carbonyl (C=O) groups excluding carboxylic acids is 2. The number of fused-ring (bicyclic) bond motifs is 1. The van der Waals surface area contributed by atoms with Gasteiger partial charge in [-0.1, -0.05) is 69.5 Å². The Bertz CT molecular complexity index is 1460. The van der Waals surface area contributed by atoms with E-state index in [2.05, 4.69) is 26.5 Å². The minimum Gasteiger partial charge on any atom is -0.481 e. The predicted octanol–water partition coefficient (Wildman–Crippen LogP) is 7.05. The minimum atomic E-state index is -0.791. The van der Waals surface area contributed by atoms with Gasteiger partial charge in [-0.25, -0.2) is 10.2 Å². The van der Waals surface area contributed by atoms with Crippen LogP contribution in [0.4, 0.5) is 0 Å². The van der Waals surface area contributed by atoms with Crippen molar-refractivity contribution in [3.8, 4) is 11.5 Å². The number of hydrogen-bond acceptors (Lipinski definition) is 5. The van der Waals surface area contributed by atoms with Gasteiger partial charge in [-0.05, 0) is 66.2 Å². The van der Waals surface area contributed by atoms with Gasteiger partial charge in [0.15, 0.2) is 6.10 Å². The van der Waals surface area contributed by atoms with Crippen molar-refractivity contribution >= 4 is 68.0 Å². The van der Waals surface area contributed by atoms with Crippen LogP contribution in [0.15, 0.2) is 88.4 Å². The van der Waals surface area contributed by atoms with E-state index in [0.717, 1.165) is 15.2 Å². The van der Waals surface area contributed by atoms with Crippen LogP contribution in [0.3, 0.4) is 0 Å². The smallest absolute Gasteiger partial charge is 0.345 e. The van der Waals surface area contributed by atoms with Gasteiger partial charge in [0.05, 0.1) is 16.8 Å². The number of carbonyl (C=O) groups is 2. The highest BCUT2D eigenvalue weighted by Crippen LogP contribution is 2.29. The number of hydrazone groups is 1. The second-order valence-corrected chi connectivity index (χ2v) is 9.42. The molecule has 4 aromatic carbocycles. The number of benzene rings is 4. The molecule has 1 amide bonds. The lowest BCUT2D eigenvalue weighted by Gasteiger charge is -2.13. The number of hydrogen-bond donors (Lipinski definition) is 1. The molecule has 0 aromatic heterocycles. The summed E-state index contributed by atoms with van der Waals surface area (Å²) < 4.78 is 12.2. The third-order valence-electron chi connectivity index (χ3n) is 5.15. The number of nitrogens with zero attached hydrogens (tertiary/aromatic N) is 1. The Kier molecular flexibility index (Phi) is 8.25. The molecule has 4 aromatic rings. The van der Waals surface area contributed by atoms with Crippen molar-refractivity contribution in [3.05, 3.63) is 105 Å². The summed E-state index contributed by atoms with van der Waals surface area (Å²) in [6, 6.07) is 22.7.